The van der Waals surface area contributed by atoms with Gasteiger partial charge in [0.1, 0.15) is 11.5 Å². The van der Waals surface area contributed by atoms with Crippen LogP contribution in [0.15, 0.2) is 72.8 Å². The van der Waals surface area contributed by atoms with Crippen LogP contribution >= 0.6 is 0 Å². The Morgan fingerprint density at radius 2 is 1.06 bits per heavy atom. The molecule has 1 aliphatic carbocycles. The van der Waals surface area contributed by atoms with Crippen LogP contribution in [0.3, 0.4) is 0 Å². The van der Waals surface area contributed by atoms with Crippen LogP contribution in [0.25, 0.3) is 11.1 Å². The third kappa shape index (κ3) is 2.62. The molecule has 0 fully saturated rings. The number of aromatic hydroxyl groups is 2. The highest BCUT2D eigenvalue weighted by Gasteiger charge is 2.48. The SMILES string of the molecule is C#Cc1cccc2c1-c1c(C#C)cccc1C2(c1ccc(O)c(N)c1)c1ccc(O)c(N)c1. The Balaban J connectivity index is 2.05. The second-order valence-corrected chi connectivity index (χ2v) is 8.04. The molecule has 0 amide bonds. The van der Waals surface area contributed by atoms with Crippen LogP contribution in [0.5, 0.6) is 11.5 Å². The molecular weight excluding hydrogens is 408 g/mol. The van der Waals surface area contributed by atoms with Gasteiger partial charge in [0, 0.05) is 22.3 Å². The van der Waals surface area contributed by atoms with E-state index in [2.05, 4.69) is 11.8 Å². The Bertz CT molecular complexity index is 1420. The van der Waals surface area contributed by atoms with E-state index in [1.807, 2.05) is 48.5 Å². The van der Waals surface area contributed by atoms with E-state index in [-0.39, 0.29) is 22.9 Å². The summed E-state index contributed by atoms with van der Waals surface area (Å²) in [5, 5.41) is 20.3. The number of benzene rings is 4. The van der Waals surface area contributed by atoms with Crippen molar-refractivity contribution in [3.05, 3.63) is 106 Å². The van der Waals surface area contributed by atoms with Crippen molar-refractivity contribution in [2.45, 2.75) is 5.41 Å². The van der Waals surface area contributed by atoms with Crippen molar-refractivity contribution >= 4 is 11.4 Å². The normalized spacial score (nSPS) is 12.9. The Kier molecular flexibility index (Phi) is 4.34. The zero-order chi connectivity index (χ0) is 23.3. The minimum absolute atomic E-state index is 0.00712. The first-order valence-electron chi connectivity index (χ1n) is 10.3. The number of hydrogen-bond acceptors (Lipinski definition) is 4. The molecule has 0 saturated carbocycles. The first kappa shape index (κ1) is 20.1. The number of phenolic OH excluding ortho intramolecular Hbond substituents is 2. The fraction of sp³-hybridized carbons (Fsp3) is 0.0345. The Hall–Kier alpha value is -4.80. The highest BCUT2D eigenvalue weighted by molar-refractivity contribution is 5.93. The molecular formula is C29H20N2O2. The zero-order valence-corrected chi connectivity index (χ0v) is 17.6. The molecule has 1 aliphatic rings. The topological polar surface area (TPSA) is 92.5 Å². The number of fused-ring (bicyclic) bond motifs is 3. The molecule has 4 aromatic carbocycles. The minimum atomic E-state index is -0.881. The van der Waals surface area contributed by atoms with E-state index in [4.69, 9.17) is 24.3 Å². The minimum Gasteiger partial charge on any atom is -0.506 e. The molecule has 0 aliphatic heterocycles. The molecule has 0 radical (unpaired) electrons. The van der Waals surface area contributed by atoms with Crippen molar-refractivity contribution in [2.24, 2.45) is 0 Å². The summed E-state index contributed by atoms with van der Waals surface area (Å²) in [4.78, 5) is 0. The summed E-state index contributed by atoms with van der Waals surface area (Å²) in [5.74, 6) is 5.59. The lowest BCUT2D eigenvalue weighted by molar-refractivity contribution is 0.477. The molecule has 158 valence electrons. The maximum atomic E-state index is 10.1. The summed E-state index contributed by atoms with van der Waals surface area (Å²) < 4.78 is 0. The van der Waals surface area contributed by atoms with Crippen LogP contribution in [0.4, 0.5) is 11.4 Å². The second-order valence-electron chi connectivity index (χ2n) is 8.04. The van der Waals surface area contributed by atoms with Gasteiger partial charge in [-0.05, 0) is 58.7 Å². The molecule has 5 rings (SSSR count). The van der Waals surface area contributed by atoms with Crippen molar-refractivity contribution in [1.29, 1.82) is 0 Å². The molecule has 0 heterocycles. The van der Waals surface area contributed by atoms with Gasteiger partial charge in [-0.2, -0.15) is 0 Å². The third-order valence-electron chi connectivity index (χ3n) is 6.42. The van der Waals surface area contributed by atoms with Crippen molar-refractivity contribution in [3.8, 4) is 47.3 Å². The van der Waals surface area contributed by atoms with E-state index in [1.165, 1.54) is 0 Å². The number of nitrogen functional groups attached to an aromatic ring is 2. The smallest absolute Gasteiger partial charge is 0.138 e. The molecule has 0 bridgehead atoms. The molecule has 4 nitrogen and oxygen atoms in total. The lowest BCUT2D eigenvalue weighted by Gasteiger charge is -2.34. The van der Waals surface area contributed by atoms with E-state index in [0.29, 0.717) is 0 Å². The van der Waals surface area contributed by atoms with Crippen LogP contribution in [0, 0.1) is 24.7 Å². The highest BCUT2D eigenvalue weighted by Crippen LogP contribution is 2.58. The quantitative estimate of drug-likeness (QED) is 0.188. The largest absolute Gasteiger partial charge is 0.506 e. The number of anilines is 2. The average Bonchev–Trinajstić information content (AvgIpc) is 3.14. The number of terminal acetylenes is 2. The summed E-state index contributed by atoms with van der Waals surface area (Å²) in [6.45, 7) is 0. The van der Waals surface area contributed by atoms with Crippen molar-refractivity contribution in [2.75, 3.05) is 11.5 Å². The van der Waals surface area contributed by atoms with Gasteiger partial charge in [0.25, 0.3) is 0 Å². The monoisotopic (exact) mass is 428 g/mol. The molecule has 0 unspecified atom stereocenters. The van der Waals surface area contributed by atoms with Crippen LogP contribution < -0.4 is 11.5 Å². The molecule has 0 saturated heterocycles. The van der Waals surface area contributed by atoms with Crippen LogP contribution in [-0.2, 0) is 5.41 Å². The number of rotatable bonds is 2. The maximum absolute atomic E-state index is 10.1. The fourth-order valence-corrected chi connectivity index (χ4v) is 5.02. The lowest BCUT2D eigenvalue weighted by atomic mass is 9.67. The molecule has 4 aromatic rings. The standard InChI is InChI=1S/C29H20N2O2/c1-3-17-7-5-9-21-27(17)28-18(4-2)8-6-10-22(28)29(21,19-11-13-25(32)23(30)15-19)20-12-14-26(33)24(31)16-20/h1-2,5-16,32-33H,30-31H2. The fourth-order valence-electron chi connectivity index (χ4n) is 5.02. The van der Waals surface area contributed by atoms with Gasteiger partial charge in [-0.15, -0.1) is 12.8 Å². The van der Waals surface area contributed by atoms with Gasteiger partial charge < -0.3 is 21.7 Å². The van der Waals surface area contributed by atoms with E-state index >= 15 is 0 Å². The zero-order valence-electron chi connectivity index (χ0n) is 17.6. The summed E-state index contributed by atoms with van der Waals surface area (Å²) >= 11 is 0. The molecule has 6 N–H and O–H groups in total. The Labute approximate surface area is 192 Å². The molecule has 0 spiro atoms. The summed E-state index contributed by atoms with van der Waals surface area (Å²) in [5.41, 5.74) is 18.6. The first-order chi connectivity index (χ1) is 15.9. The molecule has 0 atom stereocenters. The van der Waals surface area contributed by atoms with E-state index in [9.17, 15) is 10.2 Å². The highest BCUT2D eigenvalue weighted by atomic mass is 16.3. The van der Waals surface area contributed by atoms with Crippen molar-refractivity contribution < 1.29 is 10.2 Å². The Morgan fingerprint density at radius 1 is 0.636 bits per heavy atom. The van der Waals surface area contributed by atoms with Crippen molar-refractivity contribution in [3.63, 3.8) is 0 Å². The predicted octanol–water partition coefficient (Wildman–Crippen LogP) is 4.59. The average molecular weight is 428 g/mol. The van der Waals surface area contributed by atoms with Crippen LogP contribution in [-0.4, -0.2) is 10.2 Å². The predicted molar refractivity (Wildman–Crippen MR) is 132 cm³/mol. The first-order valence-corrected chi connectivity index (χ1v) is 10.3. The Morgan fingerprint density at radius 3 is 1.42 bits per heavy atom. The lowest BCUT2D eigenvalue weighted by Crippen LogP contribution is -2.29. The van der Waals surface area contributed by atoms with Crippen LogP contribution in [0.2, 0.25) is 0 Å². The van der Waals surface area contributed by atoms with Crippen LogP contribution in [0.1, 0.15) is 33.4 Å². The second kappa shape index (κ2) is 7.12. The van der Waals surface area contributed by atoms with Gasteiger partial charge in [-0.25, -0.2) is 0 Å². The molecule has 4 heteroatoms. The molecule has 0 aromatic heterocycles. The van der Waals surface area contributed by atoms with Crippen molar-refractivity contribution in [1.82, 2.24) is 0 Å². The van der Waals surface area contributed by atoms with Gasteiger partial charge in [-0.3, -0.25) is 0 Å². The summed E-state index contributed by atoms with van der Waals surface area (Å²) in [7, 11) is 0. The number of nitrogens with two attached hydrogens (primary N) is 2. The number of hydrogen-bond donors (Lipinski definition) is 4. The third-order valence-corrected chi connectivity index (χ3v) is 6.42. The summed E-state index contributed by atoms with van der Waals surface area (Å²) in [6, 6.07) is 22.0. The van der Waals surface area contributed by atoms with Gasteiger partial charge >= 0.3 is 0 Å². The van der Waals surface area contributed by atoms with Gasteiger partial charge in [-0.1, -0.05) is 48.2 Å². The van der Waals surface area contributed by atoms with E-state index < -0.39 is 5.41 Å². The number of phenols is 2. The van der Waals surface area contributed by atoms with E-state index in [0.717, 1.165) is 44.5 Å². The maximum Gasteiger partial charge on any atom is 0.138 e. The van der Waals surface area contributed by atoms with E-state index in [1.54, 1.807) is 24.3 Å². The van der Waals surface area contributed by atoms with Gasteiger partial charge in [0.05, 0.1) is 16.8 Å². The summed E-state index contributed by atoms with van der Waals surface area (Å²) in [6.07, 6.45) is 11.8. The van der Waals surface area contributed by atoms with Gasteiger partial charge in [0.2, 0.25) is 0 Å². The molecule has 33 heavy (non-hydrogen) atoms. The van der Waals surface area contributed by atoms with Gasteiger partial charge in [0.15, 0.2) is 0 Å².